The maximum Gasteiger partial charge on any atom is 0.328 e. The number of aryl methyl sites for hydroxylation is 1. The molecule has 0 aliphatic heterocycles. The number of aliphatic carboxylic acids is 1. The summed E-state index contributed by atoms with van der Waals surface area (Å²) in [4.78, 5) is 14.8. The molecule has 0 aliphatic rings. The van der Waals surface area contributed by atoms with E-state index in [2.05, 4.69) is 4.98 Å². The highest BCUT2D eigenvalue weighted by molar-refractivity contribution is 5.85. The molecule has 0 aromatic carbocycles. The molecule has 1 heterocycles. The Labute approximate surface area is 106 Å². The second kappa shape index (κ2) is 6.76. The highest BCUT2D eigenvalue weighted by Gasteiger charge is 2.08. The molecule has 1 atom stereocenters. The highest BCUT2D eigenvalue weighted by Crippen LogP contribution is 2.20. The molecule has 0 spiro atoms. The quantitative estimate of drug-likeness (QED) is 0.782. The molecular weight excluding hydrogens is 234 g/mol. The van der Waals surface area contributed by atoms with E-state index in [4.69, 9.17) is 14.6 Å². The van der Waals surface area contributed by atoms with Gasteiger partial charge >= 0.3 is 5.97 Å². The molecular formula is C13H17NO4. The second-order valence-electron chi connectivity index (χ2n) is 3.89. The fourth-order valence-corrected chi connectivity index (χ4v) is 1.42. The molecule has 18 heavy (non-hydrogen) atoms. The van der Waals surface area contributed by atoms with Crippen LogP contribution in [0.3, 0.4) is 0 Å². The molecule has 0 amide bonds. The Hall–Kier alpha value is -1.88. The number of methoxy groups -OCH3 is 1. The summed E-state index contributed by atoms with van der Waals surface area (Å²) in [6.45, 7) is 4.16. The Kier molecular flexibility index (Phi) is 5.32. The molecule has 1 unspecified atom stereocenters. The van der Waals surface area contributed by atoms with Crippen molar-refractivity contribution in [2.75, 3.05) is 13.7 Å². The van der Waals surface area contributed by atoms with Crippen LogP contribution in [-0.4, -0.2) is 35.9 Å². The summed E-state index contributed by atoms with van der Waals surface area (Å²) in [5.41, 5.74) is 1.30. The largest absolute Gasteiger partial charge is 0.486 e. The number of hydrogen-bond donors (Lipinski definition) is 1. The van der Waals surface area contributed by atoms with Crippen LogP contribution < -0.4 is 4.74 Å². The van der Waals surface area contributed by atoms with Gasteiger partial charge < -0.3 is 14.6 Å². The summed E-state index contributed by atoms with van der Waals surface area (Å²) in [6.07, 6.45) is 2.33. The number of hydrogen-bond acceptors (Lipinski definition) is 4. The van der Waals surface area contributed by atoms with Gasteiger partial charge in [-0.15, -0.1) is 0 Å². The zero-order chi connectivity index (χ0) is 13.5. The zero-order valence-corrected chi connectivity index (χ0v) is 10.7. The first-order chi connectivity index (χ1) is 8.52. The van der Waals surface area contributed by atoms with Crippen LogP contribution in [0.4, 0.5) is 0 Å². The van der Waals surface area contributed by atoms with Crippen LogP contribution in [0.1, 0.15) is 18.3 Å². The fraction of sp³-hybridized carbons (Fsp3) is 0.385. The minimum atomic E-state index is -1.02. The first kappa shape index (κ1) is 14.2. The summed E-state index contributed by atoms with van der Waals surface area (Å²) >= 11 is 0. The number of carboxylic acid groups (broad SMARTS) is 1. The number of aromatic nitrogens is 1. The molecule has 5 nitrogen and oxygen atoms in total. The highest BCUT2D eigenvalue weighted by atomic mass is 16.5. The lowest BCUT2D eigenvalue weighted by atomic mass is 10.2. The summed E-state index contributed by atoms with van der Waals surface area (Å²) in [5, 5.41) is 8.63. The number of nitrogens with zero attached hydrogens (tertiary/aromatic N) is 1. The van der Waals surface area contributed by atoms with Crippen LogP contribution in [0.15, 0.2) is 18.2 Å². The van der Waals surface area contributed by atoms with E-state index in [9.17, 15) is 4.79 Å². The average molecular weight is 251 g/mol. The van der Waals surface area contributed by atoms with Gasteiger partial charge in [-0.2, -0.15) is 0 Å². The molecule has 1 aromatic rings. The van der Waals surface area contributed by atoms with Crippen molar-refractivity contribution in [2.45, 2.75) is 20.0 Å². The smallest absolute Gasteiger partial charge is 0.328 e. The Morgan fingerprint density at radius 2 is 2.28 bits per heavy atom. The van der Waals surface area contributed by atoms with Gasteiger partial charge in [0.15, 0.2) is 0 Å². The van der Waals surface area contributed by atoms with Crippen LogP contribution in [0, 0.1) is 6.92 Å². The summed E-state index contributed by atoms with van der Waals surface area (Å²) in [5.74, 6) is -0.475. The van der Waals surface area contributed by atoms with Crippen LogP contribution in [-0.2, 0) is 9.53 Å². The van der Waals surface area contributed by atoms with Gasteiger partial charge in [-0.05, 0) is 32.1 Å². The molecule has 1 rings (SSSR count). The van der Waals surface area contributed by atoms with Gasteiger partial charge in [-0.3, -0.25) is 0 Å². The van der Waals surface area contributed by atoms with Crippen molar-refractivity contribution in [2.24, 2.45) is 0 Å². The average Bonchev–Trinajstić information content (AvgIpc) is 2.29. The lowest BCUT2D eigenvalue weighted by Crippen LogP contribution is -2.18. The van der Waals surface area contributed by atoms with Gasteiger partial charge in [0, 0.05) is 18.9 Å². The van der Waals surface area contributed by atoms with Crippen LogP contribution in [0.25, 0.3) is 6.08 Å². The van der Waals surface area contributed by atoms with E-state index in [1.165, 1.54) is 6.08 Å². The molecule has 98 valence electrons. The molecule has 0 fully saturated rings. The second-order valence-corrected chi connectivity index (χ2v) is 3.89. The van der Waals surface area contributed by atoms with Gasteiger partial charge in [0.05, 0.1) is 6.61 Å². The first-order valence-corrected chi connectivity index (χ1v) is 5.57. The molecule has 0 radical (unpaired) electrons. The Balaban J connectivity index is 2.92. The number of ether oxygens (including phenoxy) is 2. The molecule has 0 aliphatic carbocycles. The van der Waals surface area contributed by atoms with Gasteiger partial charge in [-0.25, -0.2) is 9.78 Å². The van der Waals surface area contributed by atoms with E-state index in [0.717, 1.165) is 11.8 Å². The predicted octanol–water partition coefficient (Wildman–Crippen LogP) is 1.90. The maximum atomic E-state index is 10.5. The van der Waals surface area contributed by atoms with Gasteiger partial charge in [-0.1, -0.05) is 0 Å². The fourth-order valence-electron chi connectivity index (χ4n) is 1.42. The third kappa shape index (κ3) is 4.55. The van der Waals surface area contributed by atoms with E-state index < -0.39 is 5.97 Å². The predicted molar refractivity (Wildman–Crippen MR) is 67.6 cm³/mol. The van der Waals surface area contributed by atoms with Crippen LogP contribution >= 0.6 is 0 Å². The van der Waals surface area contributed by atoms with Crippen molar-refractivity contribution >= 4 is 12.0 Å². The minimum Gasteiger partial charge on any atom is -0.486 e. The summed E-state index contributed by atoms with van der Waals surface area (Å²) < 4.78 is 10.6. The van der Waals surface area contributed by atoms with Gasteiger partial charge in [0.25, 0.3) is 0 Å². The summed E-state index contributed by atoms with van der Waals surface area (Å²) in [6, 6.07) is 3.59. The monoisotopic (exact) mass is 251 g/mol. The lowest BCUT2D eigenvalue weighted by molar-refractivity contribution is -0.131. The molecule has 0 saturated carbocycles. The number of pyridine rings is 1. The van der Waals surface area contributed by atoms with Gasteiger partial charge in [0.1, 0.15) is 17.5 Å². The van der Waals surface area contributed by atoms with E-state index in [0.29, 0.717) is 18.1 Å². The van der Waals surface area contributed by atoms with Crippen molar-refractivity contribution < 1.29 is 19.4 Å². The SMILES string of the molecule is COCC(C)Oc1ccc(C)nc1C=CC(=O)O. The zero-order valence-electron chi connectivity index (χ0n) is 10.7. The summed E-state index contributed by atoms with van der Waals surface area (Å²) in [7, 11) is 1.60. The normalized spacial score (nSPS) is 12.6. The standard InChI is InChI=1S/C13H17NO4/c1-9-4-6-12(18-10(2)8-17-3)11(14-9)5-7-13(15)16/h4-7,10H,8H2,1-3H3,(H,15,16). The van der Waals surface area contributed by atoms with Crippen molar-refractivity contribution in [1.29, 1.82) is 0 Å². The molecule has 0 saturated heterocycles. The van der Waals surface area contributed by atoms with E-state index in [1.807, 2.05) is 19.9 Å². The van der Waals surface area contributed by atoms with E-state index in [1.54, 1.807) is 13.2 Å². The van der Waals surface area contributed by atoms with Crippen LogP contribution in [0.5, 0.6) is 5.75 Å². The van der Waals surface area contributed by atoms with E-state index in [-0.39, 0.29) is 6.10 Å². The Morgan fingerprint density at radius 3 is 2.89 bits per heavy atom. The third-order valence-corrected chi connectivity index (χ3v) is 2.14. The van der Waals surface area contributed by atoms with Crippen molar-refractivity contribution in [3.05, 3.63) is 29.6 Å². The number of carboxylic acids is 1. The lowest BCUT2D eigenvalue weighted by Gasteiger charge is -2.15. The Bertz CT molecular complexity index is 443. The van der Waals surface area contributed by atoms with Crippen molar-refractivity contribution in [3.8, 4) is 5.75 Å². The number of rotatable bonds is 6. The van der Waals surface area contributed by atoms with Gasteiger partial charge in [0.2, 0.25) is 0 Å². The molecule has 5 heteroatoms. The number of carbonyl (C=O) groups is 1. The topological polar surface area (TPSA) is 68.7 Å². The third-order valence-electron chi connectivity index (χ3n) is 2.14. The Morgan fingerprint density at radius 1 is 1.56 bits per heavy atom. The molecule has 0 bridgehead atoms. The van der Waals surface area contributed by atoms with Crippen LogP contribution in [0.2, 0.25) is 0 Å². The van der Waals surface area contributed by atoms with Crippen molar-refractivity contribution in [3.63, 3.8) is 0 Å². The maximum absolute atomic E-state index is 10.5. The van der Waals surface area contributed by atoms with Crippen molar-refractivity contribution in [1.82, 2.24) is 4.98 Å². The van der Waals surface area contributed by atoms with E-state index >= 15 is 0 Å². The minimum absolute atomic E-state index is 0.128. The molecule has 1 N–H and O–H groups in total. The first-order valence-electron chi connectivity index (χ1n) is 5.57. The molecule has 1 aromatic heterocycles.